The Hall–Kier alpha value is -1.13. The van der Waals surface area contributed by atoms with Gasteiger partial charge >= 0.3 is 0 Å². The highest BCUT2D eigenvalue weighted by molar-refractivity contribution is 5.50. The minimum atomic E-state index is -1.07. The maximum atomic E-state index is 13.7. The third kappa shape index (κ3) is 1.71. The largest absolute Gasteiger partial charge is 0.398 e. The van der Waals surface area contributed by atoms with E-state index in [1.54, 1.807) is 19.9 Å². The molecular weight excluding hydrogens is 183 g/mol. The fraction of sp³-hybridized carbons (Fsp3) is 0.400. The van der Waals surface area contributed by atoms with Crippen LogP contribution in [0.4, 0.5) is 10.1 Å². The molecule has 5 N–H and O–H groups in total. The van der Waals surface area contributed by atoms with Crippen molar-refractivity contribution >= 4 is 5.69 Å². The van der Waals surface area contributed by atoms with E-state index in [1.807, 2.05) is 0 Å². The zero-order valence-corrected chi connectivity index (χ0v) is 8.34. The van der Waals surface area contributed by atoms with E-state index in [0.29, 0.717) is 11.3 Å². The number of hydrogen-bond donors (Lipinski definition) is 3. The number of nitrogens with two attached hydrogens (primary N) is 2. The summed E-state index contributed by atoms with van der Waals surface area (Å²) in [6.45, 7) is 2.84. The first-order valence-corrected chi connectivity index (χ1v) is 4.35. The first kappa shape index (κ1) is 10.9. The Labute approximate surface area is 82.5 Å². The fourth-order valence-electron chi connectivity index (χ4n) is 1.23. The van der Waals surface area contributed by atoms with Gasteiger partial charge in [-0.2, -0.15) is 0 Å². The zero-order chi connectivity index (χ0) is 10.9. The van der Waals surface area contributed by atoms with Gasteiger partial charge in [0.1, 0.15) is 5.82 Å². The molecule has 0 aliphatic rings. The van der Waals surface area contributed by atoms with Crippen LogP contribution in [-0.4, -0.2) is 11.7 Å². The van der Waals surface area contributed by atoms with Gasteiger partial charge in [-0.3, -0.25) is 0 Å². The number of aliphatic hydroxyl groups excluding tert-OH is 1. The molecule has 0 aromatic heterocycles. The first-order valence-electron chi connectivity index (χ1n) is 4.35. The second kappa shape index (κ2) is 3.55. The summed E-state index contributed by atoms with van der Waals surface area (Å²) in [6.07, 6.45) is 0. The molecule has 78 valence electrons. The molecule has 0 fully saturated rings. The summed E-state index contributed by atoms with van der Waals surface area (Å²) >= 11 is 0. The van der Waals surface area contributed by atoms with Crippen molar-refractivity contribution < 1.29 is 9.50 Å². The van der Waals surface area contributed by atoms with Gasteiger partial charge < -0.3 is 16.6 Å². The number of nitrogen functional groups attached to an aromatic ring is 1. The lowest BCUT2D eigenvalue weighted by atomic mass is 9.92. The standard InChI is InChI=1S/C10H15FN2O/c1-6-8(12)4-3-7(9(6)11)10(2,13)5-14/h3-4,14H,5,12-13H2,1-2H3/t10-/m1/s1. The molecule has 14 heavy (non-hydrogen) atoms. The maximum Gasteiger partial charge on any atom is 0.133 e. The van der Waals surface area contributed by atoms with Crippen LogP contribution in [0.2, 0.25) is 0 Å². The smallest absolute Gasteiger partial charge is 0.133 e. The van der Waals surface area contributed by atoms with Crippen LogP contribution in [0.5, 0.6) is 0 Å². The molecule has 0 unspecified atom stereocenters. The molecule has 0 saturated heterocycles. The number of hydrogen-bond acceptors (Lipinski definition) is 3. The van der Waals surface area contributed by atoms with Crippen molar-refractivity contribution in [2.75, 3.05) is 12.3 Å². The molecule has 0 aliphatic heterocycles. The summed E-state index contributed by atoms with van der Waals surface area (Å²) in [7, 11) is 0. The highest BCUT2D eigenvalue weighted by atomic mass is 19.1. The van der Waals surface area contributed by atoms with Crippen molar-refractivity contribution in [3.8, 4) is 0 Å². The summed E-state index contributed by atoms with van der Waals surface area (Å²) in [5, 5.41) is 9.01. The van der Waals surface area contributed by atoms with E-state index >= 15 is 0 Å². The summed E-state index contributed by atoms with van der Waals surface area (Å²) < 4.78 is 13.7. The lowest BCUT2D eigenvalue weighted by Crippen LogP contribution is -2.38. The molecule has 0 aliphatic carbocycles. The van der Waals surface area contributed by atoms with Crippen molar-refractivity contribution in [3.63, 3.8) is 0 Å². The number of aliphatic hydroxyl groups is 1. The van der Waals surface area contributed by atoms with E-state index in [1.165, 1.54) is 6.07 Å². The van der Waals surface area contributed by atoms with Crippen LogP contribution in [0.15, 0.2) is 12.1 Å². The van der Waals surface area contributed by atoms with Crippen molar-refractivity contribution in [3.05, 3.63) is 29.1 Å². The lowest BCUT2D eigenvalue weighted by molar-refractivity contribution is 0.206. The van der Waals surface area contributed by atoms with Crippen molar-refractivity contribution in [2.45, 2.75) is 19.4 Å². The minimum absolute atomic E-state index is 0.284. The predicted molar refractivity (Wildman–Crippen MR) is 54.2 cm³/mol. The van der Waals surface area contributed by atoms with Gasteiger partial charge in [0, 0.05) is 16.8 Å². The molecule has 4 heteroatoms. The Balaban J connectivity index is 3.31. The van der Waals surface area contributed by atoms with E-state index in [4.69, 9.17) is 16.6 Å². The van der Waals surface area contributed by atoms with Crippen molar-refractivity contribution in [2.24, 2.45) is 5.73 Å². The minimum Gasteiger partial charge on any atom is -0.398 e. The SMILES string of the molecule is Cc1c(N)ccc([C@](C)(N)CO)c1F. The Morgan fingerprint density at radius 3 is 2.57 bits per heavy atom. The van der Waals surface area contributed by atoms with Gasteiger partial charge in [0.05, 0.1) is 12.1 Å². The highest BCUT2D eigenvalue weighted by Crippen LogP contribution is 2.25. The van der Waals surface area contributed by atoms with E-state index in [0.717, 1.165) is 0 Å². The van der Waals surface area contributed by atoms with Crippen molar-refractivity contribution in [1.82, 2.24) is 0 Å². The van der Waals surface area contributed by atoms with Crippen LogP contribution in [0.25, 0.3) is 0 Å². The predicted octanol–water partition coefficient (Wildman–Crippen LogP) is 0.883. The second-order valence-corrected chi connectivity index (χ2v) is 3.72. The Kier molecular flexibility index (Phi) is 2.78. The maximum absolute atomic E-state index is 13.7. The van der Waals surface area contributed by atoms with Gasteiger partial charge in [-0.25, -0.2) is 4.39 Å². The van der Waals surface area contributed by atoms with Crippen LogP contribution in [0, 0.1) is 12.7 Å². The van der Waals surface area contributed by atoms with Gasteiger partial charge in [0.2, 0.25) is 0 Å². The number of anilines is 1. The number of benzene rings is 1. The third-order valence-corrected chi connectivity index (χ3v) is 2.37. The summed E-state index contributed by atoms with van der Waals surface area (Å²) in [5.74, 6) is -0.441. The van der Waals surface area contributed by atoms with Gasteiger partial charge in [0.15, 0.2) is 0 Å². The Morgan fingerprint density at radius 2 is 2.07 bits per heavy atom. The molecular formula is C10H15FN2O. The van der Waals surface area contributed by atoms with E-state index in [2.05, 4.69) is 0 Å². The second-order valence-electron chi connectivity index (χ2n) is 3.72. The first-order chi connectivity index (χ1) is 6.40. The van der Waals surface area contributed by atoms with Crippen LogP contribution in [0.3, 0.4) is 0 Å². The molecule has 0 saturated carbocycles. The Morgan fingerprint density at radius 1 is 1.50 bits per heavy atom. The van der Waals surface area contributed by atoms with Crippen LogP contribution in [0.1, 0.15) is 18.1 Å². The molecule has 1 aromatic carbocycles. The molecule has 0 heterocycles. The van der Waals surface area contributed by atoms with Gasteiger partial charge in [-0.15, -0.1) is 0 Å². The molecule has 0 radical (unpaired) electrons. The summed E-state index contributed by atoms with van der Waals surface area (Å²) in [5.41, 5.74) is 11.2. The van der Waals surface area contributed by atoms with Crippen molar-refractivity contribution in [1.29, 1.82) is 0 Å². The molecule has 0 spiro atoms. The summed E-state index contributed by atoms with van der Waals surface area (Å²) in [4.78, 5) is 0. The molecule has 3 nitrogen and oxygen atoms in total. The lowest BCUT2D eigenvalue weighted by Gasteiger charge is -2.23. The van der Waals surface area contributed by atoms with E-state index in [-0.39, 0.29) is 12.2 Å². The molecule has 1 atom stereocenters. The molecule has 0 bridgehead atoms. The Bertz CT molecular complexity index is 350. The molecule has 0 amide bonds. The van der Waals surface area contributed by atoms with Crippen LogP contribution in [-0.2, 0) is 5.54 Å². The van der Waals surface area contributed by atoms with Gasteiger partial charge in [-0.1, -0.05) is 6.07 Å². The average Bonchev–Trinajstić information content (AvgIpc) is 2.14. The topological polar surface area (TPSA) is 72.3 Å². The van der Waals surface area contributed by atoms with Gasteiger partial charge in [0.25, 0.3) is 0 Å². The monoisotopic (exact) mass is 198 g/mol. The molecule has 1 aromatic rings. The number of halogens is 1. The normalized spacial score (nSPS) is 15.2. The van der Waals surface area contributed by atoms with E-state index < -0.39 is 11.4 Å². The quantitative estimate of drug-likeness (QED) is 0.618. The van der Waals surface area contributed by atoms with Crippen LogP contribution >= 0.6 is 0 Å². The summed E-state index contributed by atoms with van der Waals surface area (Å²) in [6, 6.07) is 3.10. The van der Waals surface area contributed by atoms with Gasteiger partial charge in [-0.05, 0) is 19.9 Å². The van der Waals surface area contributed by atoms with E-state index in [9.17, 15) is 4.39 Å². The molecule has 1 rings (SSSR count). The van der Waals surface area contributed by atoms with Crippen LogP contribution < -0.4 is 11.5 Å². The third-order valence-electron chi connectivity index (χ3n) is 2.37. The number of rotatable bonds is 2. The average molecular weight is 198 g/mol. The zero-order valence-electron chi connectivity index (χ0n) is 8.34. The fourth-order valence-corrected chi connectivity index (χ4v) is 1.23. The highest BCUT2D eigenvalue weighted by Gasteiger charge is 2.25.